The Kier molecular flexibility index (Phi) is 5.74. The normalized spacial score (nSPS) is 19.1. The van der Waals surface area contributed by atoms with E-state index >= 15 is 4.39 Å². The van der Waals surface area contributed by atoms with Gasteiger partial charge in [0.2, 0.25) is 5.43 Å². The van der Waals surface area contributed by atoms with Crippen molar-refractivity contribution in [2.75, 3.05) is 43.9 Å². The Morgan fingerprint density at radius 3 is 2.76 bits per heavy atom. The van der Waals surface area contributed by atoms with E-state index < -0.39 is 17.2 Å². The van der Waals surface area contributed by atoms with Gasteiger partial charge in [0.15, 0.2) is 0 Å². The first kappa shape index (κ1) is 25.7. The van der Waals surface area contributed by atoms with Crippen molar-refractivity contribution in [1.82, 2.24) is 24.4 Å². The van der Waals surface area contributed by atoms with Crippen LogP contribution in [0.15, 0.2) is 35.5 Å². The lowest BCUT2D eigenvalue weighted by atomic mass is 9.99. The van der Waals surface area contributed by atoms with Gasteiger partial charge in [-0.15, -0.1) is 0 Å². The Hall–Kier alpha value is -4.22. The van der Waals surface area contributed by atoms with Crippen LogP contribution in [0.2, 0.25) is 5.02 Å². The number of aromatic carboxylic acids is 1. The summed E-state index contributed by atoms with van der Waals surface area (Å²) >= 11 is 6.66. The first-order valence-corrected chi connectivity index (χ1v) is 13.7. The van der Waals surface area contributed by atoms with E-state index in [-0.39, 0.29) is 22.0 Å². The van der Waals surface area contributed by atoms with Gasteiger partial charge in [0.1, 0.15) is 22.7 Å². The number of carbonyl (C=O) groups is 1. The molecular formula is C29H27ClFN7O3. The molecule has 12 heteroatoms. The number of halogens is 2. The van der Waals surface area contributed by atoms with E-state index in [0.717, 1.165) is 31.7 Å². The molecule has 0 radical (unpaired) electrons. The number of carboxylic acids is 1. The number of fused-ring (bicyclic) bond motifs is 5. The molecule has 41 heavy (non-hydrogen) atoms. The molecule has 2 fully saturated rings. The van der Waals surface area contributed by atoms with Gasteiger partial charge in [-0.05, 0) is 25.5 Å². The first-order chi connectivity index (χ1) is 19.7. The molecule has 210 valence electrons. The molecule has 1 aromatic carbocycles. The molecule has 0 spiro atoms. The second kappa shape index (κ2) is 9.15. The second-order valence-electron chi connectivity index (χ2n) is 11.0. The molecule has 5 aromatic rings. The number of likely N-dealkylation sites (tertiary alicyclic amines) is 1. The molecule has 7 rings (SSSR count). The van der Waals surface area contributed by atoms with Crippen LogP contribution in [0.1, 0.15) is 16.8 Å². The summed E-state index contributed by atoms with van der Waals surface area (Å²) in [5.74, 6) is -1.37. The highest BCUT2D eigenvalue weighted by molar-refractivity contribution is 6.39. The minimum atomic E-state index is -1.30. The summed E-state index contributed by atoms with van der Waals surface area (Å²) in [5, 5.41) is 14.1. The monoisotopic (exact) mass is 575 g/mol. The molecule has 2 atom stereocenters. The standard InChI is InChI=1S/C29H27ClFN7O3/c1-32-19-7-18(31)23(30)21-22-25(38-5-4-13-10-36(2)12-20(13)38)16(9-33-27(22)35-24(19)21)14-6-15-26(39)17(29(40)41)11-37(3)28(15)34-8-14/h6-9,11,13,20,32H,4-5,10,12H2,1-3H3,(H,33,35)(H,40,41)/t13-,20+/m1/s1. The summed E-state index contributed by atoms with van der Waals surface area (Å²) in [7, 11) is 5.49. The van der Waals surface area contributed by atoms with Crippen molar-refractivity contribution >= 4 is 61.9 Å². The summed E-state index contributed by atoms with van der Waals surface area (Å²) in [6, 6.07) is 3.26. The Balaban J connectivity index is 1.57. The Labute approximate surface area is 238 Å². The fourth-order valence-electron chi connectivity index (χ4n) is 6.76. The van der Waals surface area contributed by atoms with Gasteiger partial charge in [-0.1, -0.05) is 11.6 Å². The molecule has 2 aliphatic heterocycles. The minimum absolute atomic E-state index is 0.00124. The number of aromatic nitrogens is 4. The van der Waals surface area contributed by atoms with Crippen molar-refractivity contribution in [3.63, 3.8) is 0 Å². The highest BCUT2D eigenvalue weighted by atomic mass is 35.5. The smallest absolute Gasteiger partial charge is 0.341 e. The molecule has 2 aliphatic rings. The van der Waals surface area contributed by atoms with E-state index in [2.05, 4.69) is 32.1 Å². The number of likely N-dealkylation sites (N-methyl/N-ethyl adjacent to an activating group) is 1. The summed E-state index contributed by atoms with van der Waals surface area (Å²) in [4.78, 5) is 42.3. The number of benzene rings is 1. The molecule has 0 aliphatic carbocycles. The van der Waals surface area contributed by atoms with Gasteiger partial charge in [-0.25, -0.2) is 19.2 Å². The second-order valence-corrected chi connectivity index (χ2v) is 11.4. The highest BCUT2D eigenvalue weighted by Gasteiger charge is 2.42. The fourth-order valence-corrected chi connectivity index (χ4v) is 7.01. The van der Waals surface area contributed by atoms with Crippen LogP contribution in [0, 0.1) is 11.7 Å². The topological polar surface area (TPSA) is 119 Å². The number of hydrogen-bond donors (Lipinski definition) is 3. The molecule has 0 bridgehead atoms. The van der Waals surface area contributed by atoms with Crippen LogP contribution in [0.25, 0.3) is 44.1 Å². The molecule has 0 unspecified atom stereocenters. The number of carboxylic acid groups (broad SMARTS) is 1. The lowest BCUT2D eigenvalue weighted by molar-refractivity contribution is 0.0695. The quantitative estimate of drug-likeness (QED) is 0.290. The summed E-state index contributed by atoms with van der Waals surface area (Å²) in [6.07, 6.45) is 5.68. The van der Waals surface area contributed by atoms with Gasteiger partial charge in [0, 0.05) is 80.9 Å². The number of H-pyrrole nitrogens is 1. The Morgan fingerprint density at radius 1 is 1.20 bits per heavy atom. The van der Waals surface area contributed by atoms with Crippen molar-refractivity contribution in [2.45, 2.75) is 12.5 Å². The number of nitrogens with one attached hydrogen (secondary N) is 2. The lowest BCUT2D eigenvalue weighted by Gasteiger charge is -2.29. The van der Waals surface area contributed by atoms with Gasteiger partial charge in [-0.3, -0.25) is 4.79 Å². The molecule has 3 N–H and O–H groups in total. The third-order valence-electron chi connectivity index (χ3n) is 8.61. The predicted octanol–water partition coefficient (Wildman–Crippen LogP) is 4.30. The molecule has 6 heterocycles. The number of hydrogen-bond acceptors (Lipinski definition) is 7. The van der Waals surface area contributed by atoms with Crippen LogP contribution in [0.4, 0.5) is 15.8 Å². The number of pyridine rings is 3. The maximum absolute atomic E-state index is 15.1. The van der Waals surface area contributed by atoms with Crippen LogP contribution in [0.3, 0.4) is 0 Å². The van der Waals surface area contributed by atoms with Crippen LogP contribution in [-0.4, -0.2) is 75.3 Å². The average molecular weight is 576 g/mol. The van der Waals surface area contributed by atoms with Crippen molar-refractivity contribution in [1.29, 1.82) is 0 Å². The Bertz CT molecular complexity index is 1990. The van der Waals surface area contributed by atoms with E-state index in [9.17, 15) is 14.7 Å². The number of anilines is 2. The van der Waals surface area contributed by atoms with E-state index in [0.29, 0.717) is 50.3 Å². The van der Waals surface area contributed by atoms with Crippen molar-refractivity contribution in [2.24, 2.45) is 13.0 Å². The van der Waals surface area contributed by atoms with Gasteiger partial charge >= 0.3 is 5.97 Å². The number of aryl methyl sites for hydroxylation is 1. The van der Waals surface area contributed by atoms with Crippen LogP contribution >= 0.6 is 11.6 Å². The predicted molar refractivity (Wildman–Crippen MR) is 158 cm³/mol. The molecule has 0 amide bonds. The van der Waals surface area contributed by atoms with Crippen molar-refractivity contribution in [3.8, 4) is 11.1 Å². The minimum Gasteiger partial charge on any atom is -0.477 e. The van der Waals surface area contributed by atoms with Crippen molar-refractivity contribution < 1.29 is 14.3 Å². The highest BCUT2D eigenvalue weighted by Crippen LogP contribution is 2.48. The molecule has 10 nitrogen and oxygen atoms in total. The van der Waals surface area contributed by atoms with Crippen LogP contribution in [0.5, 0.6) is 0 Å². The van der Waals surface area contributed by atoms with E-state index in [1.54, 1.807) is 32.6 Å². The third-order valence-corrected chi connectivity index (χ3v) is 8.97. The lowest BCUT2D eigenvalue weighted by Crippen LogP contribution is -2.35. The fraction of sp³-hybridized carbons (Fsp3) is 0.310. The SMILES string of the molecule is CNc1cc(F)c(Cl)c2c1[nH]c1ncc(-c3cnc4c(c3)c(=O)c(C(=O)O)cn4C)c(N3CC[C@@H]4CN(C)C[C@@H]43)c12. The third kappa shape index (κ3) is 3.72. The molecule has 4 aromatic heterocycles. The van der Waals surface area contributed by atoms with Gasteiger partial charge < -0.3 is 29.8 Å². The number of aromatic amines is 1. The summed E-state index contributed by atoms with van der Waals surface area (Å²) in [5.41, 5.74) is 3.35. The van der Waals surface area contributed by atoms with Crippen LogP contribution < -0.4 is 15.6 Å². The molecular weight excluding hydrogens is 549 g/mol. The maximum Gasteiger partial charge on any atom is 0.341 e. The largest absolute Gasteiger partial charge is 0.477 e. The van der Waals surface area contributed by atoms with Crippen molar-refractivity contribution in [3.05, 3.63) is 57.3 Å². The Morgan fingerprint density at radius 2 is 2.00 bits per heavy atom. The zero-order chi connectivity index (χ0) is 28.7. The summed E-state index contributed by atoms with van der Waals surface area (Å²) < 4.78 is 16.7. The number of rotatable bonds is 4. The van der Waals surface area contributed by atoms with Gasteiger partial charge in [-0.2, -0.15) is 0 Å². The van der Waals surface area contributed by atoms with E-state index in [1.165, 1.54) is 16.8 Å². The van der Waals surface area contributed by atoms with Gasteiger partial charge in [0.25, 0.3) is 0 Å². The molecule has 0 saturated carbocycles. The van der Waals surface area contributed by atoms with E-state index in [4.69, 9.17) is 16.6 Å². The van der Waals surface area contributed by atoms with E-state index in [1.807, 2.05) is 0 Å². The number of nitrogens with zero attached hydrogens (tertiary/aromatic N) is 5. The zero-order valence-electron chi connectivity index (χ0n) is 22.6. The summed E-state index contributed by atoms with van der Waals surface area (Å²) in [6.45, 7) is 2.65. The molecule has 2 saturated heterocycles. The zero-order valence-corrected chi connectivity index (χ0v) is 23.4. The maximum atomic E-state index is 15.1. The van der Waals surface area contributed by atoms with Gasteiger partial charge in [0.05, 0.1) is 32.7 Å². The first-order valence-electron chi connectivity index (χ1n) is 13.4. The van der Waals surface area contributed by atoms with Crippen LogP contribution in [-0.2, 0) is 7.05 Å². The average Bonchev–Trinajstić information content (AvgIpc) is 3.64.